The van der Waals surface area contributed by atoms with Crippen LogP contribution < -0.4 is 5.56 Å². The van der Waals surface area contributed by atoms with E-state index in [4.69, 9.17) is 0 Å². The highest BCUT2D eigenvalue weighted by Gasteiger charge is 2.30. The van der Waals surface area contributed by atoms with Gasteiger partial charge < -0.3 is 0 Å². The van der Waals surface area contributed by atoms with Gasteiger partial charge in [-0.15, -0.1) is 0 Å². The van der Waals surface area contributed by atoms with Crippen molar-refractivity contribution >= 4 is 0 Å². The molecule has 0 aliphatic heterocycles. The first-order chi connectivity index (χ1) is 10.9. The molecule has 0 radical (unpaired) electrons. The van der Waals surface area contributed by atoms with E-state index in [2.05, 4.69) is 15.2 Å². The average molecular weight is 317 g/mol. The molecule has 1 N–H and O–H groups in total. The lowest BCUT2D eigenvalue weighted by Crippen LogP contribution is -2.09. The largest absolute Gasteiger partial charge is 0.416 e. The van der Waals surface area contributed by atoms with Crippen molar-refractivity contribution in [1.29, 1.82) is 0 Å². The van der Waals surface area contributed by atoms with Crippen molar-refractivity contribution in [2.75, 3.05) is 0 Å². The lowest BCUT2D eigenvalue weighted by atomic mass is 10.00. The molecule has 0 aliphatic carbocycles. The second kappa shape index (κ2) is 5.68. The third-order valence-corrected chi connectivity index (χ3v) is 3.24. The molecule has 0 saturated carbocycles. The monoisotopic (exact) mass is 317 g/mol. The molecule has 7 heteroatoms. The molecule has 4 nitrogen and oxygen atoms in total. The molecule has 2 heterocycles. The minimum atomic E-state index is -4.45. The fraction of sp³-hybridized carbons (Fsp3) is 0.0625. The van der Waals surface area contributed by atoms with E-state index in [0.29, 0.717) is 11.1 Å². The zero-order valence-corrected chi connectivity index (χ0v) is 11.6. The van der Waals surface area contributed by atoms with E-state index in [1.54, 1.807) is 18.3 Å². The summed E-state index contributed by atoms with van der Waals surface area (Å²) in [6, 6.07) is 9.47. The molecule has 0 unspecified atom stereocenters. The van der Waals surface area contributed by atoms with Gasteiger partial charge in [0.05, 0.1) is 11.3 Å². The normalized spacial score (nSPS) is 11.4. The van der Waals surface area contributed by atoms with Crippen LogP contribution in [0.4, 0.5) is 13.2 Å². The number of hydrogen-bond acceptors (Lipinski definition) is 3. The van der Waals surface area contributed by atoms with Crippen LogP contribution in [0.2, 0.25) is 0 Å². The summed E-state index contributed by atoms with van der Waals surface area (Å²) in [4.78, 5) is 15.5. The Balaban J connectivity index is 2.20. The summed E-state index contributed by atoms with van der Waals surface area (Å²) in [6.45, 7) is 0. The zero-order chi connectivity index (χ0) is 16.4. The van der Waals surface area contributed by atoms with E-state index in [1.807, 2.05) is 0 Å². The topological polar surface area (TPSA) is 58.6 Å². The lowest BCUT2D eigenvalue weighted by molar-refractivity contribution is -0.137. The fourth-order valence-electron chi connectivity index (χ4n) is 2.21. The number of halogens is 3. The van der Waals surface area contributed by atoms with Crippen LogP contribution in [-0.4, -0.2) is 15.2 Å². The second-order valence-corrected chi connectivity index (χ2v) is 4.81. The highest BCUT2D eigenvalue weighted by molar-refractivity contribution is 5.79. The molecular weight excluding hydrogens is 307 g/mol. The van der Waals surface area contributed by atoms with Gasteiger partial charge in [0.25, 0.3) is 5.56 Å². The number of pyridine rings is 1. The first-order valence-electron chi connectivity index (χ1n) is 6.63. The molecule has 0 spiro atoms. The minimum absolute atomic E-state index is 0.253. The minimum Gasteiger partial charge on any atom is -0.268 e. The molecule has 2 aromatic heterocycles. The maximum Gasteiger partial charge on any atom is 0.416 e. The number of hydrogen-bond donors (Lipinski definition) is 1. The van der Waals surface area contributed by atoms with E-state index in [0.717, 1.165) is 12.1 Å². The van der Waals surface area contributed by atoms with Crippen molar-refractivity contribution in [2.45, 2.75) is 6.18 Å². The summed E-state index contributed by atoms with van der Waals surface area (Å²) < 4.78 is 38.6. The van der Waals surface area contributed by atoms with Gasteiger partial charge in [0.1, 0.15) is 0 Å². The molecule has 116 valence electrons. The van der Waals surface area contributed by atoms with Gasteiger partial charge in [-0.3, -0.25) is 9.78 Å². The molecule has 0 fully saturated rings. The van der Waals surface area contributed by atoms with E-state index < -0.39 is 17.3 Å². The van der Waals surface area contributed by atoms with Gasteiger partial charge in [-0.1, -0.05) is 18.2 Å². The first kappa shape index (κ1) is 15.0. The quantitative estimate of drug-likeness (QED) is 0.787. The van der Waals surface area contributed by atoms with Crippen LogP contribution in [0.5, 0.6) is 0 Å². The summed E-state index contributed by atoms with van der Waals surface area (Å²) in [5.41, 5.74) is 0.304. The molecule has 0 aliphatic rings. The Morgan fingerprint density at radius 1 is 1.00 bits per heavy atom. The fourth-order valence-corrected chi connectivity index (χ4v) is 2.21. The first-order valence-corrected chi connectivity index (χ1v) is 6.63. The Hall–Kier alpha value is -2.96. The number of nitrogens with one attached hydrogen (secondary N) is 1. The molecule has 0 atom stereocenters. The highest BCUT2D eigenvalue weighted by atomic mass is 19.4. The molecule has 0 saturated heterocycles. The van der Waals surface area contributed by atoms with Crippen molar-refractivity contribution in [3.63, 3.8) is 0 Å². The Morgan fingerprint density at radius 2 is 1.78 bits per heavy atom. The van der Waals surface area contributed by atoms with Crippen LogP contribution in [0.25, 0.3) is 22.4 Å². The number of rotatable bonds is 2. The van der Waals surface area contributed by atoms with Crippen LogP contribution in [0, 0.1) is 0 Å². The standard InChI is InChI=1S/C16H10F3N3O/c17-16(18,19)12-5-1-3-10(7-12)15-13(8-14(23)21-22-15)11-4-2-6-20-9-11/h1-9H,(H,21,23). The predicted octanol–water partition coefficient (Wildman–Crippen LogP) is 3.52. The van der Waals surface area contributed by atoms with Crippen molar-refractivity contribution in [3.8, 4) is 22.4 Å². The summed E-state index contributed by atoms with van der Waals surface area (Å²) >= 11 is 0. The summed E-state index contributed by atoms with van der Waals surface area (Å²) in [5, 5.41) is 6.17. The van der Waals surface area contributed by atoms with Gasteiger partial charge in [0.15, 0.2) is 0 Å². The van der Waals surface area contributed by atoms with Gasteiger partial charge in [-0.2, -0.15) is 18.3 Å². The zero-order valence-electron chi connectivity index (χ0n) is 11.6. The number of benzene rings is 1. The molecule has 1 aromatic carbocycles. The Labute approximate surface area is 128 Å². The van der Waals surface area contributed by atoms with Crippen molar-refractivity contribution in [1.82, 2.24) is 15.2 Å². The number of aromatic amines is 1. The van der Waals surface area contributed by atoms with E-state index in [1.165, 1.54) is 24.4 Å². The van der Waals surface area contributed by atoms with E-state index in [-0.39, 0.29) is 11.3 Å². The third-order valence-electron chi connectivity index (χ3n) is 3.24. The van der Waals surface area contributed by atoms with Gasteiger partial charge in [0.2, 0.25) is 0 Å². The SMILES string of the molecule is O=c1cc(-c2cccnc2)c(-c2cccc(C(F)(F)F)c2)n[nH]1. The van der Waals surface area contributed by atoms with Crippen LogP contribution in [0.1, 0.15) is 5.56 Å². The van der Waals surface area contributed by atoms with E-state index >= 15 is 0 Å². The lowest BCUT2D eigenvalue weighted by Gasteiger charge is -2.11. The Morgan fingerprint density at radius 3 is 2.48 bits per heavy atom. The van der Waals surface area contributed by atoms with Gasteiger partial charge in [-0.05, 0) is 18.2 Å². The maximum atomic E-state index is 12.9. The van der Waals surface area contributed by atoms with Crippen molar-refractivity contribution in [3.05, 3.63) is 70.8 Å². The molecule has 23 heavy (non-hydrogen) atoms. The Kier molecular flexibility index (Phi) is 3.69. The molecular formula is C16H10F3N3O. The highest BCUT2D eigenvalue weighted by Crippen LogP contribution is 2.34. The van der Waals surface area contributed by atoms with Crippen molar-refractivity contribution < 1.29 is 13.2 Å². The third kappa shape index (κ3) is 3.13. The summed E-state index contributed by atoms with van der Waals surface area (Å²) in [7, 11) is 0. The number of alkyl halides is 3. The molecule has 3 rings (SSSR count). The smallest absolute Gasteiger partial charge is 0.268 e. The maximum absolute atomic E-state index is 12.9. The van der Waals surface area contributed by atoms with Crippen LogP contribution in [-0.2, 0) is 6.18 Å². The summed E-state index contributed by atoms with van der Waals surface area (Å²) in [5.74, 6) is 0. The predicted molar refractivity (Wildman–Crippen MR) is 78.5 cm³/mol. The van der Waals surface area contributed by atoms with Crippen LogP contribution in [0.3, 0.4) is 0 Å². The number of aromatic nitrogens is 3. The average Bonchev–Trinajstić information content (AvgIpc) is 2.55. The van der Waals surface area contributed by atoms with Gasteiger partial charge in [-0.25, -0.2) is 5.10 Å². The van der Waals surface area contributed by atoms with Gasteiger partial charge in [0, 0.05) is 35.2 Å². The number of H-pyrrole nitrogens is 1. The van der Waals surface area contributed by atoms with Crippen LogP contribution >= 0.6 is 0 Å². The molecule has 0 amide bonds. The second-order valence-electron chi connectivity index (χ2n) is 4.81. The molecule has 3 aromatic rings. The molecule has 0 bridgehead atoms. The Bertz CT molecular complexity index is 889. The van der Waals surface area contributed by atoms with E-state index in [9.17, 15) is 18.0 Å². The van der Waals surface area contributed by atoms with Crippen LogP contribution in [0.15, 0.2) is 59.7 Å². The van der Waals surface area contributed by atoms with Crippen molar-refractivity contribution in [2.24, 2.45) is 0 Å². The number of nitrogens with zero attached hydrogens (tertiary/aromatic N) is 2. The van der Waals surface area contributed by atoms with Gasteiger partial charge >= 0.3 is 6.18 Å². The summed E-state index contributed by atoms with van der Waals surface area (Å²) in [6.07, 6.45) is -1.37.